The number of ether oxygens (including phenoxy) is 1. The van der Waals surface area contributed by atoms with E-state index in [1.54, 1.807) is 17.9 Å². The van der Waals surface area contributed by atoms with E-state index in [-0.39, 0.29) is 29.8 Å². The third-order valence-corrected chi connectivity index (χ3v) is 3.62. The van der Waals surface area contributed by atoms with Crippen molar-refractivity contribution in [1.82, 2.24) is 15.0 Å². The fourth-order valence-corrected chi connectivity index (χ4v) is 2.59. The SMILES string of the molecule is CC1OC(C)C(C(=O)Cc2cn(C)nn2)C1C. The minimum absolute atomic E-state index is 0.00386. The zero-order valence-electron chi connectivity index (χ0n) is 10.8. The second-order valence-corrected chi connectivity index (χ2v) is 4.96. The van der Waals surface area contributed by atoms with E-state index in [1.807, 2.05) is 13.8 Å². The molecule has 1 saturated heterocycles. The molecule has 0 aromatic carbocycles. The van der Waals surface area contributed by atoms with E-state index in [2.05, 4.69) is 17.2 Å². The summed E-state index contributed by atoms with van der Waals surface area (Å²) in [4.78, 5) is 12.2. The van der Waals surface area contributed by atoms with Crippen LogP contribution in [0.4, 0.5) is 0 Å². The van der Waals surface area contributed by atoms with Gasteiger partial charge in [-0.15, -0.1) is 5.10 Å². The van der Waals surface area contributed by atoms with E-state index in [9.17, 15) is 4.79 Å². The summed E-state index contributed by atoms with van der Waals surface area (Å²) in [7, 11) is 1.80. The first-order valence-corrected chi connectivity index (χ1v) is 6.02. The molecule has 0 saturated carbocycles. The van der Waals surface area contributed by atoms with Gasteiger partial charge < -0.3 is 4.74 Å². The highest BCUT2D eigenvalue weighted by molar-refractivity contribution is 5.84. The lowest BCUT2D eigenvalue weighted by Gasteiger charge is -2.16. The summed E-state index contributed by atoms with van der Waals surface area (Å²) in [6.45, 7) is 6.07. The number of rotatable bonds is 3. The lowest BCUT2D eigenvalue weighted by Crippen LogP contribution is -2.28. The molecular formula is C12H19N3O2. The first kappa shape index (κ1) is 12.2. The van der Waals surface area contributed by atoms with Crippen molar-refractivity contribution in [1.29, 1.82) is 0 Å². The molecule has 0 N–H and O–H groups in total. The molecule has 2 rings (SSSR count). The van der Waals surface area contributed by atoms with Gasteiger partial charge in [-0.25, -0.2) is 0 Å². The van der Waals surface area contributed by atoms with Crippen LogP contribution < -0.4 is 0 Å². The Balaban J connectivity index is 2.05. The van der Waals surface area contributed by atoms with Crippen molar-refractivity contribution in [3.63, 3.8) is 0 Å². The highest BCUT2D eigenvalue weighted by atomic mass is 16.5. The maximum absolute atomic E-state index is 12.2. The molecule has 4 atom stereocenters. The summed E-state index contributed by atoms with van der Waals surface area (Å²) in [6, 6.07) is 0. The van der Waals surface area contributed by atoms with Gasteiger partial charge in [0, 0.05) is 19.2 Å². The number of carbonyl (C=O) groups excluding carboxylic acids is 1. The van der Waals surface area contributed by atoms with Crippen molar-refractivity contribution in [3.8, 4) is 0 Å². The summed E-state index contributed by atoms with van der Waals surface area (Å²) in [5.74, 6) is 0.455. The molecular weight excluding hydrogens is 218 g/mol. The van der Waals surface area contributed by atoms with Gasteiger partial charge in [-0.1, -0.05) is 12.1 Å². The van der Waals surface area contributed by atoms with Gasteiger partial charge in [-0.2, -0.15) is 0 Å². The first-order valence-electron chi connectivity index (χ1n) is 6.02. The quantitative estimate of drug-likeness (QED) is 0.786. The molecule has 1 aromatic rings. The van der Waals surface area contributed by atoms with Crippen molar-refractivity contribution in [2.75, 3.05) is 0 Å². The van der Waals surface area contributed by atoms with E-state index < -0.39 is 0 Å². The number of ketones is 1. The molecule has 2 heterocycles. The van der Waals surface area contributed by atoms with Gasteiger partial charge in [-0.3, -0.25) is 9.48 Å². The van der Waals surface area contributed by atoms with Gasteiger partial charge in [0.25, 0.3) is 0 Å². The highest BCUT2D eigenvalue weighted by Gasteiger charge is 2.41. The van der Waals surface area contributed by atoms with Crippen molar-refractivity contribution in [3.05, 3.63) is 11.9 Å². The third kappa shape index (κ3) is 2.39. The van der Waals surface area contributed by atoms with Crippen LogP contribution in [0.1, 0.15) is 26.5 Å². The Morgan fingerprint density at radius 3 is 2.59 bits per heavy atom. The van der Waals surface area contributed by atoms with Gasteiger partial charge in [0.15, 0.2) is 0 Å². The molecule has 1 aliphatic heterocycles. The fourth-order valence-electron chi connectivity index (χ4n) is 2.59. The zero-order valence-corrected chi connectivity index (χ0v) is 10.8. The number of aryl methyl sites for hydroxylation is 1. The Hall–Kier alpha value is -1.23. The van der Waals surface area contributed by atoms with Gasteiger partial charge in [0.05, 0.1) is 24.3 Å². The summed E-state index contributed by atoms with van der Waals surface area (Å²) in [5, 5.41) is 7.78. The Kier molecular flexibility index (Phi) is 3.28. The largest absolute Gasteiger partial charge is 0.375 e. The van der Waals surface area contributed by atoms with E-state index in [0.717, 1.165) is 5.69 Å². The molecule has 0 amide bonds. The van der Waals surface area contributed by atoms with Crippen molar-refractivity contribution in [2.45, 2.75) is 39.4 Å². The standard InChI is InChI=1S/C12H19N3O2/c1-7-8(2)17-9(3)12(7)11(16)5-10-6-15(4)14-13-10/h6-9,12H,5H2,1-4H3. The minimum atomic E-state index is -0.0213. The lowest BCUT2D eigenvalue weighted by molar-refractivity contribution is -0.124. The molecule has 1 aromatic heterocycles. The van der Waals surface area contributed by atoms with E-state index in [0.29, 0.717) is 6.42 Å². The number of carbonyl (C=O) groups is 1. The van der Waals surface area contributed by atoms with E-state index in [4.69, 9.17) is 4.74 Å². The molecule has 17 heavy (non-hydrogen) atoms. The fraction of sp³-hybridized carbons (Fsp3) is 0.750. The average Bonchev–Trinajstić information content (AvgIpc) is 2.73. The Labute approximate surface area is 101 Å². The molecule has 1 fully saturated rings. The maximum atomic E-state index is 12.2. The predicted molar refractivity (Wildman–Crippen MR) is 62.4 cm³/mol. The number of hydrogen-bond donors (Lipinski definition) is 0. The van der Waals surface area contributed by atoms with E-state index in [1.165, 1.54) is 0 Å². The molecule has 0 radical (unpaired) electrons. The highest BCUT2D eigenvalue weighted by Crippen LogP contribution is 2.33. The Morgan fingerprint density at radius 1 is 1.41 bits per heavy atom. The van der Waals surface area contributed by atoms with Gasteiger partial charge in [0.2, 0.25) is 0 Å². The van der Waals surface area contributed by atoms with Crippen molar-refractivity contribution < 1.29 is 9.53 Å². The number of aromatic nitrogens is 3. The van der Waals surface area contributed by atoms with Crippen LogP contribution in [0.15, 0.2) is 6.20 Å². The number of nitrogens with zero attached hydrogens (tertiary/aromatic N) is 3. The molecule has 5 heteroatoms. The number of Topliss-reactive ketones (excluding diaryl/α,β-unsaturated/α-hetero) is 1. The van der Waals surface area contributed by atoms with Gasteiger partial charge in [0.1, 0.15) is 5.78 Å². The Morgan fingerprint density at radius 2 is 2.12 bits per heavy atom. The van der Waals surface area contributed by atoms with Crippen molar-refractivity contribution in [2.24, 2.45) is 18.9 Å². The minimum Gasteiger partial charge on any atom is -0.375 e. The van der Waals surface area contributed by atoms with Crippen LogP contribution in [0.25, 0.3) is 0 Å². The second kappa shape index (κ2) is 4.56. The molecule has 0 spiro atoms. The summed E-state index contributed by atoms with van der Waals surface area (Å²) in [5.41, 5.74) is 0.733. The first-order chi connectivity index (χ1) is 7.99. The van der Waals surface area contributed by atoms with Crippen LogP contribution in [-0.2, 0) is 23.0 Å². The predicted octanol–water partition coefficient (Wildman–Crippen LogP) is 0.986. The Bertz CT molecular complexity index is 416. The van der Waals surface area contributed by atoms with Crippen LogP contribution in [0, 0.1) is 11.8 Å². The van der Waals surface area contributed by atoms with Crippen LogP contribution in [0.5, 0.6) is 0 Å². The summed E-state index contributed by atoms with van der Waals surface area (Å²) >= 11 is 0. The van der Waals surface area contributed by atoms with Crippen LogP contribution >= 0.6 is 0 Å². The third-order valence-electron chi connectivity index (χ3n) is 3.62. The molecule has 1 aliphatic rings. The molecule has 94 valence electrons. The van der Waals surface area contributed by atoms with Crippen molar-refractivity contribution >= 4 is 5.78 Å². The monoisotopic (exact) mass is 237 g/mol. The van der Waals surface area contributed by atoms with Gasteiger partial charge in [-0.05, 0) is 19.8 Å². The van der Waals surface area contributed by atoms with Crippen LogP contribution in [-0.4, -0.2) is 33.0 Å². The maximum Gasteiger partial charge on any atom is 0.144 e. The zero-order chi connectivity index (χ0) is 12.6. The summed E-state index contributed by atoms with van der Waals surface area (Å²) < 4.78 is 7.30. The lowest BCUT2D eigenvalue weighted by atomic mass is 9.84. The summed E-state index contributed by atoms with van der Waals surface area (Å²) in [6.07, 6.45) is 2.29. The molecule has 0 aliphatic carbocycles. The molecule has 0 bridgehead atoms. The van der Waals surface area contributed by atoms with Crippen LogP contribution in [0.3, 0.4) is 0 Å². The smallest absolute Gasteiger partial charge is 0.144 e. The normalized spacial score (nSPS) is 32.9. The topological polar surface area (TPSA) is 57.0 Å². The van der Waals surface area contributed by atoms with Crippen LogP contribution in [0.2, 0.25) is 0 Å². The average molecular weight is 237 g/mol. The molecule has 5 nitrogen and oxygen atoms in total. The number of hydrogen-bond acceptors (Lipinski definition) is 4. The van der Waals surface area contributed by atoms with E-state index >= 15 is 0 Å². The second-order valence-electron chi connectivity index (χ2n) is 4.96. The molecule has 4 unspecified atom stereocenters. The van der Waals surface area contributed by atoms with Gasteiger partial charge >= 0.3 is 0 Å².